The first kappa shape index (κ1) is 15.1. The van der Waals surface area contributed by atoms with Gasteiger partial charge in [-0.1, -0.05) is 56.3 Å². The molecule has 0 atom stereocenters. The minimum absolute atomic E-state index is 0.150. The Balaban J connectivity index is 1.89. The zero-order chi connectivity index (χ0) is 15.1. The van der Waals surface area contributed by atoms with Gasteiger partial charge in [-0.05, 0) is 35.6 Å². The van der Waals surface area contributed by atoms with Crippen LogP contribution in [-0.2, 0) is 0 Å². The van der Waals surface area contributed by atoms with Crippen molar-refractivity contribution in [2.75, 3.05) is 11.9 Å². The van der Waals surface area contributed by atoms with Crippen LogP contribution in [0.5, 0.6) is 0 Å². The molecule has 0 aliphatic carbocycles. The summed E-state index contributed by atoms with van der Waals surface area (Å²) in [4.78, 5) is 11.7. The molecule has 2 aromatic rings. The number of nitrogens with one attached hydrogen (secondary N) is 2. The Morgan fingerprint density at radius 3 is 2.19 bits per heavy atom. The lowest BCUT2D eigenvalue weighted by Gasteiger charge is -2.09. The van der Waals surface area contributed by atoms with Gasteiger partial charge in [0.1, 0.15) is 0 Å². The van der Waals surface area contributed by atoms with Crippen LogP contribution in [0.3, 0.4) is 0 Å². The Kier molecular flexibility index (Phi) is 5.38. The molecule has 0 aliphatic rings. The molecule has 0 aliphatic heterocycles. The quantitative estimate of drug-likeness (QED) is 0.831. The lowest BCUT2D eigenvalue weighted by Crippen LogP contribution is -2.30. The summed E-state index contributed by atoms with van der Waals surface area (Å²) in [6, 6.07) is 17.9. The van der Waals surface area contributed by atoms with Gasteiger partial charge in [0, 0.05) is 12.2 Å². The summed E-state index contributed by atoms with van der Waals surface area (Å²) in [5.74, 6) is 0.593. The van der Waals surface area contributed by atoms with E-state index in [-0.39, 0.29) is 6.03 Å². The van der Waals surface area contributed by atoms with Gasteiger partial charge in [-0.15, -0.1) is 0 Å². The van der Waals surface area contributed by atoms with E-state index in [9.17, 15) is 4.79 Å². The molecule has 0 bridgehead atoms. The van der Waals surface area contributed by atoms with Crippen LogP contribution in [0.1, 0.15) is 20.3 Å². The molecule has 2 rings (SSSR count). The van der Waals surface area contributed by atoms with Crippen molar-refractivity contribution in [3.8, 4) is 11.1 Å². The smallest absolute Gasteiger partial charge is 0.319 e. The van der Waals surface area contributed by atoms with E-state index in [1.807, 2.05) is 42.5 Å². The normalized spacial score (nSPS) is 10.4. The predicted molar refractivity (Wildman–Crippen MR) is 88.4 cm³/mol. The molecule has 0 fully saturated rings. The molecule has 0 saturated carbocycles. The maximum Gasteiger partial charge on any atom is 0.319 e. The van der Waals surface area contributed by atoms with E-state index in [4.69, 9.17) is 0 Å². The highest BCUT2D eigenvalue weighted by Gasteiger charge is 2.02. The molecule has 0 spiro atoms. The SMILES string of the molecule is CC(C)CCNC(=O)Nc1ccc(-c2ccccc2)cc1. The molecule has 3 nitrogen and oxygen atoms in total. The molecular weight excluding hydrogens is 260 g/mol. The number of rotatable bonds is 5. The summed E-state index contributed by atoms with van der Waals surface area (Å²) in [6.07, 6.45) is 0.986. The van der Waals surface area contributed by atoms with Gasteiger partial charge >= 0.3 is 6.03 Å². The van der Waals surface area contributed by atoms with Crippen LogP contribution in [-0.4, -0.2) is 12.6 Å². The minimum Gasteiger partial charge on any atom is -0.338 e. The third-order valence-electron chi connectivity index (χ3n) is 3.26. The Morgan fingerprint density at radius 1 is 0.952 bits per heavy atom. The average molecular weight is 282 g/mol. The van der Waals surface area contributed by atoms with Crippen molar-refractivity contribution in [3.05, 3.63) is 54.6 Å². The molecule has 3 heteroatoms. The molecule has 0 saturated heterocycles. The van der Waals surface area contributed by atoms with Crippen LogP contribution >= 0.6 is 0 Å². The molecule has 0 heterocycles. The molecule has 2 N–H and O–H groups in total. The molecular formula is C18H22N2O. The molecule has 0 unspecified atom stereocenters. The Morgan fingerprint density at radius 2 is 1.57 bits per heavy atom. The van der Waals surface area contributed by atoms with Crippen molar-refractivity contribution in [2.24, 2.45) is 5.92 Å². The minimum atomic E-state index is -0.150. The summed E-state index contributed by atoms with van der Waals surface area (Å²) < 4.78 is 0. The number of carbonyl (C=O) groups excluding carboxylic acids is 1. The van der Waals surface area contributed by atoms with Crippen molar-refractivity contribution in [3.63, 3.8) is 0 Å². The lowest BCUT2D eigenvalue weighted by atomic mass is 10.1. The van der Waals surface area contributed by atoms with E-state index in [1.165, 1.54) is 5.56 Å². The van der Waals surface area contributed by atoms with Crippen LogP contribution in [0.25, 0.3) is 11.1 Å². The summed E-state index contributed by atoms with van der Waals surface area (Å²) in [5, 5.41) is 5.70. The van der Waals surface area contributed by atoms with Crippen molar-refractivity contribution >= 4 is 11.7 Å². The number of hydrogen-bond donors (Lipinski definition) is 2. The first-order chi connectivity index (χ1) is 10.1. The second kappa shape index (κ2) is 7.48. The van der Waals surface area contributed by atoms with Crippen LogP contribution in [0.15, 0.2) is 54.6 Å². The lowest BCUT2D eigenvalue weighted by molar-refractivity contribution is 0.251. The Bertz CT molecular complexity index is 562. The monoisotopic (exact) mass is 282 g/mol. The molecule has 2 aromatic carbocycles. The van der Waals surface area contributed by atoms with Gasteiger partial charge in [-0.2, -0.15) is 0 Å². The molecule has 0 aromatic heterocycles. The molecule has 2 amide bonds. The molecule has 21 heavy (non-hydrogen) atoms. The molecule has 110 valence electrons. The van der Waals surface area contributed by atoms with E-state index in [1.54, 1.807) is 0 Å². The van der Waals surface area contributed by atoms with E-state index in [2.05, 4.69) is 36.6 Å². The maximum absolute atomic E-state index is 11.7. The van der Waals surface area contributed by atoms with Gasteiger partial charge in [0.15, 0.2) is 0 Å². The van der Waals surface area contributed by atoms with E-state index < -0.39 is 0 Å². The van der Waals surface area contributed by atoms with Crippen LogP contribution in [0.4, 0.5) is 10.5 Å². The summed E-state index contributed by atoms with van der Waals surface area (Å²) in [6.45, 7) is 4.98. The van der Waals surface area contributed by atoms with Crippen molar-refractivity contribution < 1.29 is 4.79 Å². The summed E-state index contributed by atoms with van der Waals surface area (Å²) in [5.41, 5.74) is 3.11. The van der Waals surface area contributed by atoms with E-state index in [0.717, 1.165) is 17.7 Å². The fraction of sp³-hybridized carbons (Fsp3) is 0.278. The average Bonchev–Trinajstić information content (AvgIpc) is 2.48. The van der Waals surface area contributed by atoms with Gasteiger partial charge < -0.3 is 10.6 Å². The largest absolute Gasteiger partial charge is 0.338 e. The van der Waals surface area contributed by atoms with Gasteiger partial charge in [0.05, 0.1) is 0 Å². The second-order valence-corrected chi connectivity index (χ2v) is 5.51. The first-order valence-corrected chi connectivity index (χ1v) is 7.35. The zero-order valence-corrected chi connectivity index (χ0v) is 12.6. The number of amides is 2. The number of urea groups is 1. The van der Waals surface area contributed by atoms with E-state index in [0.29, 0.717) is 12.5 Å². The summed E-state index contributed by atoms with van der Waals surface area (Å²) >= 11 is 0. The van der Waals surface area contributed by atoms with Gasteiger partial charge in [0.25, 0.3) is 0 Å². The Labute approximate surface area is 126 Å². The third-order valence-corrected chi connectivity index (χ3v) is 3.26. The zero-order valence-electron chi connectivity index (χ0n) is 12.6. The van der Waals surface area contributed by atoms with Gasteiger partial charge in [-0.3, -0.25) is 0 Å². The van der Waals surface area contributed by atoms with Crippen molar-refractivity contribution in [1.82, 2.24) is 5.32 Å². The third kappa shape index (κ3) is 4.95. The topological polar surface area (TPSA) is 41.1 Å². The fourth-order valence-electron chi connectivity index (χ4n) is 2.03. The fourth-order valence-corrected chi connectivity index (χ4v) is 2.03. The number of hydrogen-bond acceptors (Lipinski definition) is 1. The Hall–Kier alpha value is -2.29. The highest BCUT2D eigenvalue weighted by molar-refractivity contribution is 5.89. The van der Waals surface area contributed by atoms with Crippen LogP contribution < -0.4 is 10.6 Å². The van der Waals surface area contributed by atoms with E-state index >= 15 is 0 Å². The predicted octanol–water partition coefficient (Wildman–Crippen LogP) is 4.52. The number of carbonyl (C=O) groups is 1. The van der Waals surface area contributed by atoms with Gasteiger partial charge in [-0.25, -0.2) is 4.79 Å². The maximum atomic E-state index is 11.7. The highest BCUT2D eigenvalue weighted by atomic mass is 16.2. The van der Waals surface area contributed by atoms with Gasteiger partial charge in [0.2, 0.25) is 0 Å². The number of anilines is 1. The second-order valence-electron chi connectivity index (χ2n) is 5.51. The first-order valence-electron chi connectivity index (χ1n) is 7.35. The van der Waals surface area contributed by atoms with Crippen molar-refractivity contribution in [1.29, 1.82) is 0 Å². The highest BCUT2D eigenvalue weighted by Crippen LogP contribution is 2.20. The standard InChI is InChI=1S/C18H22N2O/c1-14(2)12-13-19-18(21)20-17-10-8-16(9-11-17)15-6-4-3-5-7-15/h3-11,14H,12-13H2,1-2H3,(H2,19,20,21). The molecule has 0 radical (unpaired) electrons. The summed E-state index contributed by atoms with van der Waals surface area (Å²) in [7, 11) is 0. The number of benzene rings is 2. The van der Waals surface area contributed by atoms with Crippen LogP contribution in [0.2, 0.25) is 0 Å². The van der Waals surface area contributed by atoms with Crippen molar-refractivity contribution in [2.45, 2.75) is 20.3 Å². The van der Waals surface area contributed by atoms with Crippen LogP contribution in [0, 0.1) is 5.92 Å².